The predicted molar refractivity (Wildman–Crippen MR) is 118 cm³/mol. The maximum atomic E-state index is 11.7. The fourth-order valence-corrected chi connectivity index (χ4v) is 5.27. The normalized spacial score (nSPS) is 12.1. The number of H-pyrrole nitrogens is 1. The molecule has 0 saturated carbocycles. The lowest BCUT2D eigenvalue weighted by molar-refractivity contribution is 0.483. The lowest BCUT2D eigenvalue weighted by Gasteiger charge is -2.10. The van der Waals surface area contributed by atoms with Crippen LogP contribution in [0.3, 0.4) is 0 Å². The maximum absolute atomic E-state index is 11.7. The van der Waals surface area contributed by atoms with Gasteiger partial charge in [-0.1, -0.05) is 53.5 Å². The minimum Gasteiger partial charge on any atom is -0.340 e. The average molecular weight is 458 g/mol. The van der Waals surface area contributed by atoms with Crippen LogP contribution in [0.15, 0.2) is 71.8 Å². The third kappa shape index (κ3) is 3.07. The minimum absolute atomic E-state index is 0.132. The summed E-state index contributed by atoms with van der Waals surface area (Å²) in [6, 6.07) is 18.5. The number of benzene rings is 3. The first-order valence-electron chi connectivity index (χ1n) is 8.85. The largest absolute Gasteiger partial charge is 0.340 e. The second kappa shape index (κ2) is 6.85. The van der Waals surface area contributed by atoms with E-state index in [1.165, 1.54) is 6.07 Å². The van der Waals surface area contributed by atoms with Crippen molar-refractivity contribution in [1.29, 1.82) is 0 Å². The highest BCUT2D eigenvalue weighted by Crippen LogP contribution is 2.38. The molecule has 0 aliphatic rings. The van der Waals surface area contributed by atoms with Crippen LogP contribution in [0.5, 0.6) is 0 Å². The Kier molecular flexibility index (Phi) is 4.37. The zero-order valence-electron chi connectivity index (χ0n) is 15.2. The van der Waals surface area contributed by atoms with Crippen molar-refractivity contribution in [2.75, 3.05) is 0 Å². The molecule has 0 unspecified atom stereocenters. The van der Waals surface area contributed by atoms with E-state index >= 15 is 0 Å². The van der Waals surface area contributed by atoms with Crippen LogP contribution in [0.4, 0.5) is 0 Å². The van der Waals surface area contributed by atoms with Crippen molar-refractivity contribution in [3.8, 4) is 16.9 Å². The fraction of sp³-hybridized carbons (Fsp3) is 0. The van der Waals surface area contributed by atoms with E-state index in [4.69, 9.17) is 23.2 Å². The van der Waals surface area contributed by atoms with Crippen LogP contribution in [-0.2, 0) is 10.1 Å². The molecule has 0 aliphatic heterocycles. The number of halogens is 2. The van der Waals surface area contributed by atoms with E-state index in [9.17, 15) is 13.0 Å². The lowest BCUT2D eigenvalue weighted by Crippen LogP contribution is -2.01. The molecule has 0 atom stereocenters. The van der Waals surface area contributed by atoms with Crippen molar-refractivity contribution < 1.29 is 13.0 Å². The molecule has 0 fully saturated rings. The van der Waals surface area contributed by atoms with E-state index in [1.807, 2.05) is 48.5 Å². The number of para-hydroxylation sites is 1. The van der Waals surface area contributed by atoms with Gasteiger partial charge < -0.3 is 4.98 Å². The Hall–Kier alpha value is -2.84. The van der Waals surface area contributed by atoms with E-state index < -0.39 is 15.0 Å². The SMILES string of the molecule is O=S(=O)(O)c1c(Cl)ccc(-c2ccc3c(cnn3-c3cc4ccccc4[nH]3)c2)c1Cl. The van der Waals surface area contributed by atoms with Crippen molar-refractivity contribution in [2.24, 2.45) is 0 Å². The number of nitrogens with one attached hydrogen (secondary N) is 1. The number of fused-ring (bicyclic) bond motifs is 2. The molecule has 5 aromatic rings. The van der Waals surface area contributed by atoms with Gasteiger partial charge in [0, 0.05) is 21.9 Å². The van der Waals surface area contributed by atoms with E-state index in [0.717, 1.165) is 27.6 Å². The van der Waals surface area contributed by atoms with Gasteiger partial charge in [-0.15, -0.1) is 0 Å². The van der Waals surface area contributed by atoms with Crippen LogP contribution in [0.25, 0.3) is 38.8 Å². The third-order valence-corrected chi connectivity index (χ3v) is 6.80. The van der Waals surface area contributed by atoms with Gasteiger partial charge in [0.25, 0.3) is 10.1 Å². The Balaban J connectivity index is 1.64. The van der Waals surface area contributed by atoms with Crippen molar-refractivity contribution in [3.05, 3.63) is 76.9 Å². The molecular formula is C21H13Cl2N3O3S. The molecule has 3 aromatic carbocycles. The van der Waals surface area contributed by atoms with Gasteiger partial charge >= 0.3 is 0 Å². The fourth-order valence-electron chi connectivity index (χ4n) is 3.56. The second-order valence-corrected chi connectivity index (χ2v) is 8.93. The summed E-state index contributed by atoms with van der Waals surface area (Å²) >= 11 is 12.2. The number of nitrogens with zero attached hydrogens (tertiary/aromatic N) is 2. The van der Waals surface area contributed by atoms with E-state index in [2.05, 4.69) is 10.1 Å². The molecule has 0 aliphatic carbocycles. The Labute approximate surface area is 181 Å². The van der Waals surface area contributed by atoms with Crippen LogP contribution >= 0.6 is 23.2 Å². The maximum Gasteiger partial charge on any atom is 0.297 e. The van der Waals surface area contributed by atoms with Crippen LogP contribution in [0, 0.1) is 0 Å². The first-order valence-corrected chi connectivity index (χ1v) is 11.0. The molecule has 2 heterocycles. The average Bonchev–Trinajstić information content (AvgIpc) is 3.30. The predicted octanol–water partition coefficient (Wildman–Crippen LogP) is 5.73. The number of aromatic nitrogens is 3. The summed E-state index contributed by atoms with van der Waals surface area (Å²) in [6.45, 7) is 0. The molecule has 2 aromatic heterocycles. The molecule has 30 heavy (non-hydrogen) atoms. The molecule has 6 nitrogen and oxygen atoms in total. The summed E-state index contributed by atoms with van der Waals surface area (Å²) in [6.07, 6.45) is 1.72. The summed E-state index contributed by atoms with van der Waals surface area (Å²) in [5.41, 5.74) is 2.99. The zero-order chi connectivity index (χ0) is 21.0. The molecular weight excluding hydrogens is 445 g/mol. The van der Waals surface area contributed by atoms with E-state index in [1.54, 1.807) is 16.9 Å². The van der Waals surface area contributed by atoms with Crippen LogP contribution in [-0.4, -0.2) is 27.7 Å². The third-order valence-electron chi connectivity index (χ3n) is 4.93. The monoisotopic (exact) mass is 457 g/mol. The van der Waals surface area contributed by atoms with Gasteiger partial charge in [0.15, 0.2) is 0 Å². The van der Waals surface area contributed by atoms with Gasteiger partial charge in [0.1, 0.15) is 10.7 Å². The lowest BCUT2D eigenvalue weighted by atomic mass is 10.0. The van der Waals surface area contributed by atoms with Crippen molar-refractivity contribution >= 4 is 55.1 Å². The summed E-state index contributed by atoms with van der Waals surface area (Å²) in [7, 11) is -4.57. The summed E-state index contributed by atoms with van der Waals surface area (Å²) in [5, 5.41) is 6.13. The Morgan fingerprint density at radius 3 is 2.53 bits per heavy atom. The van der Waals surface area contributed by atoms with Crippen LogP contribution in [0.2, 0.25) is 10.0 Å². The quantitative estimate of drug-likeness (QED) is 0.338. The van der Waals surface area contributed by atoms with Crippen LogP contribution < -0.4 is 0 Å². The van der Waals surface area contributed by atoms with Gasteiger partial charge in [-0.05, 0) is 35.9 Å². The van der Waals surface area contributed by atoms with E-state index in [0.29, 0.717) is 11.1 Å². The summed E-state index contributed by atoms with van der Waals surface area (Å²) in [4.78, 5) is 2.84. The van der Waals surface area contributed by atoms with Gasteiger partial charge in [-0.2, -0.15) is 13.5 Å². The molecule has 0 bridgehead atoms. The molecule has 0 amide bonds. The first-order chi connectivity index (χ1) is 14.3. The number of rotatable bonds is 3. The molecule has 150 valence electrons. The zero-order valence-corrected chi connectivity index (χ0v) is 17.5. The summed E-state index contributed by atoms with van der Waals surface area (Å²) in [5.74, 6) is 0.831. The Morgan fingerprint density at radius 1 is 0.967 bits per heavy atom. The smallest absolute Gasteiger partial charge is 0.297 e. The topological polar surface area (TPSA) is 88.0 Å². The van der Waals surface area contributed by atoms with Crippen molar-refractivity contribution in [1.82, 2.24) is 14.8 Å². The number of hydrogen-bond acceptors (Lipinski definition) is 3. The molecule has 2 N–H and O–H groups in total. The van der Waals surface area contributed by atoms with Gasteiger partial charge in [0.05, 0.1) is 21.8 Å². The molecule has 9 heteroatoms. The highest BCUT2D eigenvalue weighted by molar-refractivity contribution is 7.86. The molecule has 5 rings (SSSR count). The summed E-state index contributed by atoms with van der Waals surface area (Å²) < 4.78 is 34.6. The Morgan fingerprint density at radius 2 is 1.77 bits per heavy atom. The van der Waals surface area contributed by atoms with E-state index in [-0.39, 0.29) is 10.0 Å². The molecule has 0 radical (unpaired) electrons. The second-order valence-electron chi connectivity index (χ2n) is 6.78. The number of hydrogen-bond donors (Lipinski definition) is 2. The van der Waals surface area contributed by atoms with Crippen LogP contribution in [0.1, 0.15) is 0 Å². The molecule has 0 spiro atoms. The van der Waals surface area contributed by atoms with Crippen molar-refractivity contribution in [3.63, 3.8) is 0 Å². The number of aromatic amines is 1. The minimum atomic E-state index is -4.57. The highest BCUT2D eigenvalue weighted by atomic mass is 35.5. The highest BCUT2D eigenvalue weighted by Gasteiger charge is 2.22. The van der Waals surface area contributed by atoms with Gasteiger partial charge in [-0.25, -0.2) is 4.68 Å². The first kappa shape index (κ1) is 19.1. The molecule has 0 saturated heterocycles. The van der Waals surface area contributed by atoms with Crippen molar-refractivity contribution in [2.45, 2.75) is 4.90 Å². The van der Waals surface area contributed by atoms with Gasteiger partial charge in [-0.3, -0.25) is 4.55 Å². The van der Waals surface area contributed by atoms with Gasteiger partial charge in [0.2, 0.25) is 0 Å². The Bertz CT molecular complexity index is 1520. The standard InChI is InChI=1S/C21H13Cl2N3O3S/c22-16-7-6-15(20(23)21(16)30(27,28)29)12-5-8-18-14(9-12)11-24-26(18)19-10-13-3-1-2-4-17(13)25-19/h1-11,25H,(H,27,28,29).